The number of hydrogen-bond donors (Lipinski definition) is 1. The summed E-state index contributed by atoms with van der Waals surface area (Å²) in [5.41, 5.74) is 3.42. The summed E-state index contributed by atoms with van der Waals surface area (Å²) in [5.74, 6) is -0.268. The highest BCUT2D eigenvalue weighted by Gasteiger charge is 2.22. The molecule has 0 unspecified atom stereocenters. The Bertz CT molecular complexity index is 1000. The van der Waals surface area contributed by atoms with Gasteiger partial charge in [-0.1, -0.05) is 41.6 Å². The molecule has 2 amide bonds. The van der Waals surface area contributed by atoms with E-state index in [1.807, 2.05) is 42.2 Å². The molecular weight excluding hydrogens is 354 g/mol. The van der Waals surface area contributed by atoms with Gasteiger partial charge in [0.05, 0.1) is 0 Å². The van der Waals surface area contributed by atoms with Crippen LogP contribution in [0.2, 0.25) is 0 Å². The molecule has 6 heteroatoms. The third kappa shape index (κ3) is 3.53. The quantitative estimate of drug-likeness (QED) is 0.744. The van der Waals surface area contributed by atoms with E-state index in [2.05, 4.69) is 10.5 Å². The van der Waals surface area contributed by atoms with Crippen LogP contribution in [0.5, 0.6) is 0 Å². The van der Waals surface area contributed by atoms with E-state index in [0.717, 1.165) is 37.1 Å². The molecule has 1 saturated heterocycles. The van der Waals surface area contributed by atoms with Gasteiger partial charge in [-0.25, -0.2) is 0 Å². The smallest absolute Gasteiger partial charge is 0.294 e. The summed E-state index contributed by atoms with van der Waals surface area (Å²) >= 11 is 0. The molecule has 1 N–H and O–H groups in total. The Balaban J connectivity index is 1.53. The number of benzene rings is 2. The first-order valence-electron chi connectivity index (χ1n) is 9.36. The first-order valence-corrected chi connectivity index (χ1v) is 9.36. The average molecular weight is 375 g/mol. The summed E-state index contributed by atoms with van der Waals surface area (Å²) in [4.78, 5) is 27.2. The van der Waals surface area contributed by atoms with Crippen molar-refractivity contribution >= 4 is 17.5 Å². The molecule has 0 radical (unpaired) electrons. The number of carbonyl (C=O) groups excluding carboxylic acids is 2. The lowest BCUT2D eigenvalue weighted by atomic mass is 10.1. The third-order valence-electron chi connectivity index (χ3n) is 5.01. The number of likely N-dealkylation sites (tertiary alicyclic amines) is 1. The Labute approximate surface area is 163 Å². The van der Waals surface area contributed by atoms with Crippen LogP contribution in [0, 0.1) is 6.92 Å². The minimum Gasteiger partial charge on any atom is -0.350 e. The van der Waals surface area contributed by atoms with Gasteiger partial charge in [0.2, 0.25) is 5.76 Å². The fourth-order valence-corrected chi connectivity index (χ4v) is 3.40. The molecule has 28 heavy (non-hydrogen) atoms. The molecule has 2 aromatic carbocycles. The van der Waals surface area contributed by atoms with Crippen LogP contribution in [0.25, 0.3) is 11.3 Å². The van der Waals surface area contributed by atoms with Gasteiger partial charge in [0.25, 0.3) is 11.8 Å². The number of nitrogens with one attached hydrogen (secondary N) is 1. The number of aromatic nitrogens is 1. The largest absolute Gasteiger partial charge is 0.350 e. The Morgan fingerprint density at radius 3 is 2.54 bits per heavy atom. The van der Waals surface area contributed by atoms with E-state index in [1.54, 1.807) is 24.3 Å². The Morgan fingerprint density at radius 2 is 1.79 bits per heavy atom. The van der Waals surface area contributed by atoms with Gasteiger partial charge in [0.15, 0.2) is 0 Å². The molecular formula is C22H21N3O3. The van der Waals surface area contributed by atoms with Crippen LogP contribution in [0.3, 0.4) is 0 Å². The monoisotopic (exact) mass is 375 g/mol. The second-order valence-electron chi connectivity index (χ2n) is 6.87. The minimum atomic E-state index is -0.399. The fourth-order valence-electron chi connectivity index (χ4n) is 3.40. The van der Waals surface area contributed by atoms with Gasteiger partial charge >= 0.3 is 0 Å². The van der Waals surface area contributed by atoms with Gasteiger partial charge in [-0.2, -0.15) is 0 Å². The molecule has 0 saturated carbocycles. The molecule has 0 atom stereocenters. The van der Waals surface area contributed by atoms with E-state index in [9.17, 15) is 9.59 Å². The highest BCUT2D eigenvalue weighted by molar-refractivity contribution is 6.05. The minimum absolute atomic E-state index is 0.0112. The van der Waals surface area contributed by atoms with Gasteiger partial charge in [-0.05, 0) is 37.5 Å². The molecule has 3 aromatic rings. The summed E-state index contributed by atoms with van der Waals surface area (Å²) in [5, 5.41) is 6.81. The molecule has 142 valence electrons. The maximum absolute atomic E-state index is 12.7. The summed E-state index contributed by atoms with van der Waals surface area (Å²) in [6, 6.07) is 16.5. The van der Waals surface area contributed by atoms with Crippen LogP contribution in [-0.4, -0.2) is 35.0 Å². The SMILES string of the molecule is Cc1c(NC(=O)c2cc(-c3ccccc3)no2)cccc1C(=O)N1CCCC1. The summed E-state index contributed by atoms with van der Waals surface area (Å²) in [6.07, 6.45) is 2.08. The number of amides is 2. The van der Waals surface area contributed by atoms with E-state index in [-0.39, 0.29) is 11.7 Å². The van der Waals surface area contributed by atoms with Crippen LogP contribution < -0.4 is 5.32 Å². The molecule has 6 nitrogen and oxygen atoms in total. The molecule has 2 heterocycles. The van der Waals surface area contributed by atoms with Crippen molar-refractivity contribution in [1.29, 1.82) is 0 Å². The topological polar surface area (TPSA) is 75.4 Å². The molecule has 1 fully saturated rings. The Morgan fingerprint density at radius 1 is 1.04 bits per heavy atom. The van der Waals surface area contributed by atoms with E-state index in [0.29, 0.717) is 16.9 Å². The van der Waals surface area contributed by atoms with Crippen LogP contribution in [0.4, 0.5) is 5.69 Å². The third-order valence-corrected chi connectivity index (χ3v) is 5.01. The van der Waals surface area contributed by atoms with Crippen LogP contribution in [0.15, 0.2) is 59.1 Å². The molecule has 0 bridgehead atoms. The molecule has 0 spiro atoms. The standard InChI is InChI=1S/C22H21N3O3/c1-15-17(22(27)25-12-5-6-13-25)10-7-11-18(15)23-21(26)20-14-19(24-28-20)16-8-3-2-4-9-16/h2-4,7-11,14H,5-6,12-13H2,1H3,(H,23,26). The zero-order chi connectivity index (χ0) is 19.5. The zero-order valence-corrected chi connectivity index (χ0v) is 15.6. The maximum atomic E-state index is 12.7. The lowest BCUT2D eigenvalue weighted by Crippen LogP contribution is -2.28. The van der Waals surface area contributed by atoms with Gasteiger partial charge < -0.3 is 14.7 Å². The predicted molar refractivity (Wildman–Crippen MR) is 106 cm³/mol. The van der Waals surface area contributed by atoms with Crippen LogP contribution >= 0.6 is 0 Å². The predicted octanol–water partition coefficient (Wildman–Crippen LogP) is 4.14. The Hall–Kier alpha value is -3.41. The molecule has 1 aromatic heterocycles. The van der Waals surface area contributed by atoms with Crippen molar-refractivity contribution in [3.63, 3.8) is 0 Å². The van der Waals surface area contributed by atoms with Crippen molar-refractivity contribution in [3.8, 4) is 11.3 Å². The number of nitrogens with zero attached hydrogens (tertiary/aromatic N) is 2. The van der Waals surface area contributed by atoms with E-state index in [4.69, 9.17) is 4.52 Å². The number of hydrogen-bond acceptors (Lipinski definition) is 4. The van der Waals surface area contributed by atoms with Crippen molar-refractivity contribution < 1.29 is 14.1 Å². The molecule has 0 aliphatic carbocycles. The average Bonchev–Trinajstić information content (AvgIpc) is 3.42. The van der Waals surface area contributed by atoms with Gasteiger partial charge in [-0.15, -0.1) is 0 Å². The van der Waals surface area contributed by atoms with Crippen molar-refractivity contribution in [2.45, 2.75) is 19.8 Å². The van der Waals surface area contributed by atoms with E-state index < -0.39 is 5.91 Å². The lowest BCUT2D eigenvalue weighted by Gasteiger charge is -2.18. The second-order valence-corrected chi connectivity index (χ2v) is 6.87. The van der Waals surface area contributed by atoms with E-state index in [1.165, 1.54) is 0 Å². The normalized spacial score (nSPS) is 13.5. The summed E-state index contributed by atoms with van der Waals surface area (Å²) < 4.78 is 5.21. The first-order chi connectivity index (χ1) is 13.6. The highest BCUT2D eigenvalue weighted by Crippen LogP contribution is 2.24. The molecule has 1 aliphatic rings. The second kappa shape index (κ2) is 7.68. The molecule has 4 rings (SSSR count). The van der Waals surface area contributed by atoms with Crippen molar-refractivity contribution in [3.05, 3.63) is 71.5 Å². The number of carbonyl (C=O) groups is 2. The van der Waals surface area contributed by atoms with Crippen LogP contribution in [0.1, 0.15) is 39.3 Å². The lowest BCUT2D eigenvalue weighted by molar-refractivity contribution is 0.0791. The summed E-state index contributed by atoms with van der Waals surface area (Å²) in [7, 11) is 0. The Kier molecular flexibility index (Phi) is 4.93. The molecule has 1 aliphatic heterocycles. The maximum Gasteiger partial charge on any atom is 0.294 e. The number of anilines is 1. The highest BCUT2D eigenvalue weighted by atomic mass is 16.5. The van der Waals surface area contributed by atoms with Crippen molar-refractivity contribution in [2.24, 2.45) is 0 Å². The zero-order valence-electron chi connectivity index (χ0n) is 15.6. The van der Waals surface area contributed by atoms with Crippen molar-refractivity contribution in [2.75, 3.05) is 18.4 Å². The van der Waals surface area contributed by atoms with Crippen LogP contribution in [-0.2, 0) is 0 Å². The first kappa shape index (κ1) is 18.0. The van der Waals surface area contributed by atoms with E-state index >= 15 is 0 Å². The number of rotatable bonds is 4. The van der Waals surface area contributed by atoms with Gasteiger partial charge in [0, 0.05) is 36.0 Å². The van der Waals surface area contributed by atoms with Gasteiger partial charge in [0.1, 0.15) is 5.69 Å². The fraction of sp³-hybridized carbons (Fsp3) is 0.227. The van der Waals surface area contributed by atoms with Crippen molar-refractivity contribution in [1.82, 2.24) is 10.1 Å². The summed E-state index contributed by atoms with van der Waals surface area (Å²) in [6.45, 7) is 3.42. The van der Waals surface area contributed by atoms with Gasteiger partial charge in [-0.3, -0.25) is 9.59 Å².